The Balaban J connectivity index is 2.36. The van der Waals surface area contributed by atoms with Crippen LogP contribution in [0.2, 0.25) is 0 Å². The fourth-order valence-electron chi connectivity index (χ4n) is 1.99. The summed E-state index contributed by atoms with van der Waals surface area (Å²) < 4.78 is 0. The quantitative estimate of drug-likeness (QED) is 0.829. The van der Waals surface area contributed by atoms with E-state index >= 15 is 0 Å². The maximum Gasteiger partial charge on any atom is 0.0956 e. The van der Waals surface area contributed by atoms with Gasteiger partial charge in [0.25, 0.3) is 0 Å². The number of aromatic amines is 1. The first kappa shape index (κ1) is 11.9. The van der Waals surface area contributed by atoms with Gasteiger partial charge in [0.1, 0.15) is 0 Å². The second-order valence-corrected chi connectivity index (χ2v) is 4.16. The van der Waals surface area contributed by atoms with Crippen molar-refractivity contribution in [3.63, 3.8) is 0 Å². The number of rotatable bonds is 5. The summed E-state index contributed by atoms with van der Waals surface area (Å²) in [5.74, 6) is 0. The second-order valence-electron chi connectivity index (χ2n) is 4.16. The molecule has 0 bridgehead atoms. The summed E-state index contributed by atoms with van der Waals surface area (Å²) in [4.78, 5) is 0. The number of nitrogens with one attached hydrogen (secondary N) is 1. The normalized spacial score (nSPS) is 10.7. The molecule has 0 aliphatic rings. The van der Waals surface area contributed by atoms with Crippen molar-refractivity contribution in [1.29, 1.82) is 0 Å². The Bertz CT molecular complexity index is 462. The molecule has 2 aromatic rings. The van der Waals surface area contributed by atoms with Crippen LogP contribution in [0.25, 0.3) is 11.3 Å². The van der Waals surface area contributed by atoms with Crippen molar-refractivity contribution in [3.8, 4) is 11.3 Å². The van der Waals surface area contributed by atoms with Gasteiger partial charge in [0.2, 0.25) is 0 Å². The maximum absolute atomic E-state index is 9.31. The van der Waals surface area contributed by atoms with Crippen molar-refractivity contribution in [3.05, 3.63) is 41.6 Å². The first-order valence-corrected chi connectivity index (χ1v) is 6.09. The molecule has 0 fully saturated rings. The van der Waals surface area contributed by atoms with Gasteiger partial charge < -0.3 is 5.11 Å². The van der Waals surface area contributed by atoms with Crippen molar-refractivity contribution in [2.45, 2.75) is 32.8 Å². The van der Waals surface area contributed by atoms with Gasteiger partial charge in [0.05, 0.1) is 18.0 Å². The summed E-state index contributed by atoms with van der Waals surface area (Å²) in [7, 11) is 0. The fraction of sp³-hybridized carbons (Fsp3) is 0.357. The molecule has 0 aliphatic carbocycles. The van der Waals surface area contributed by atoms with E-state index in [4.69, 9.17) is 0 Å². The third kappa shape index (κ3) is 2.56. The monoisotopic (exact) mass is 230 g/mol. The predicted molar refractivity (Wildman–Crippen MR) is 68.6 cm³/mol. The van der Waals surface area contributed by atoms with Crippen molar-refractivity contribution in [1.82, 2.24) is 10.2 Å². The highest BCUT2D eigenvalue weighted by Gasteiger charge is 2.13. The van der Waals surface area contributed by atoms with Crippen LogP contribution in [0.3, 0.4) is 0 Å². The summed E-state index contributed by atoms with van der Waals surface area (Å²) in [6, 6.07) is 10.1. The Morgan fingerprint density at radius 1 is 1.24 bits per heavy atom. The smallest absolute Gasteiger partial charge is 0.0956 e. The lowest BCUT2D eigenvalue weighted by atomic mass is 10.0. The third-order valence-electron chi connectivity index (χ3n) is 2.94. The van der Waals surface area contributed by atoms with E-state index in [0.717, 1.165) is 41.8 Å². The molecule has 90 valence electrons. The van der Waals surface area contributed by atoms with Gasteiger partial charge in [-0.15, -0.1) is 0 Å². The number of aromatic nitrogens is 2. The highest BCUT2D eigenvalue weighted by molar-refractivity contribution is 5.63. The molecule has 0 aliphatic heterocycles. The minimum Gasteiger partial charge on any atom is -0.390 e. The SMILES string of the molecule is CCCCc1c(-c2ccccc2)n[nH]c1CO. The first-order chi connectivity index (χ1) is 8.36. The Labute approximate surface area is 102 Å². The molecule has 0 atom stereocenters. The van der Waals surface area contributed by atoms with Crippen LogP contribution in [0.15, 0.2) is 30.3 Å². The lowest BCUT2D eigenvalue weighted by Gasteiger charge is -2.03. The molecule has 3 nitrogen and oxygen atoms in total. The van der Waals surface area contributed by atoms with Gasteiger partial charge >= 0.3 is 0 Å². The summed E-state index contributed by atoms with van der Waals surface area (Å²) in [6.07, 6.45) is 3.23. The Morgan fingerprint density at radius 2 is 2.00 bits per heavy atom. The molecule has 1 aromatic carbocycles. The number of H-pyrrole nitrogens is 1. The molecule has 0 saturated carbocycles. The molecule has 0 amide bonds. The van der Waals surface area contributed by atoms with E-state index in [1.165, 1.54) is 0 Å². The number of aliphatic hydroxyl groups is 1. The largest absolute Gasteiger partial charge is 0.390 e. The summed E-state index contributed by atoms with van der Waals surface area (Å²) in [5, 5.41) is 16.6. The van der Waals surface area contributed by atoms with Crippen LogP contribution in [0, 0.1) is 0 Å². The fourth-order valence-corrected chi connectivity index (χ4v) is 1.99. The van der Waals surface area contributed by atoms with Crippen LogP contribution in [0.5, 0.6) is 0 Å². The number of benzene rings is 1. The van der Waals surface area contributed by atoms with Gasteiger partial charge in [-0.05, 0) is 12.8 Å². The molecule has 0 radical (unpaired) electrons. The van der Waals surface area contributed by atoms with Gasteiger partial charge in [-0.3, -0.25) is 5.10 Å². The van der Waals surface area contributed by atoms with E-state index in [1.54, 1.807) is 0 Å². The summed E-state index contributed by atoms with van der Waals surface area (Å²) in [5.41, 5.74) is 4.08. The number of unbranched alkanes of at least 4 members (excludes halogenated alkanes) is 1. The van der Waals surface area contributed by atoms with Gasteiger partial charge in [0.15, 0.2) is 0 Å². The molecule has 1 heterocycles. The summed E-state index contributed by atoms with van der Waals surface area (Å²) >= 11 is 0. The lowest BCUT2D eigenvalue weighted by molar-refractivity contribution is 0.275. The van der Waals surface area contributed by atoms with Crippen molar-refractivity contribution in [2.24, 2.45) is 0 Å². The lowest BCUT2D eigenvalue weighted by Crippen LogP contribution is -1.93. The second kappa shape index (κ2) is 5.64. The number of aliphatic hydroxyl groups excluding tert-OH is 1. The molecule has 0 saturated heterocycles. The van der Waals surface area contributed by atoms with Crippen LogP contribution < -0.4 is 0 Å². The first-order valence-electron chi connectivity index (χ1n) is 6.09. The number of hydrogen-bond acceptors (Lipinski definition) is 2. The Morgan fingerprint density at radius 3 is 2.65 bits per heavy atom. The molecule has 3 heteroatoms. The maximum atomic E-state index is 9.31. The topological polar surface area (TPSA) is 48.9 Å². The van der Waals surface area contributed by atoms with E-state index in [9.17, 15) is 5.11 Å². The van der Waals surface area contributed by atoms with E-state index in [1.807, 2.05) is 30.3 Å². The zero-order chi connectivity index (χ0) is 12.1. The van der Waals surface area contributed by atoms with Crippen molar-refractivity contribution >= 4 is 0 Å². The van der Waals surface area contributed by atoms with E-state index in [2.05, 4.69) is 17.1 Å². The van der Waals surface area contributed by atoms with Gasteiger partial charge in [-0.25, -0.2) is 0 Å². The Hall–Kier alpha value is -1.61. The highest BCUT2D eigenvalue weighted by atomic mass is 16.3. The molecular weight excluding hydrogens is 212 g/mol. The predicted octanol–water partition coefficient (Wildman–Crippen LogP) is 2.91. The number of nitrogens with zero attached hydrogens (tertiary/aromatic N) is 1. The number of hydrogen-bond donors (Lipinski definition) is 2. The minimum absolute atomic E-state index is 0.0267. The molecular formula is C14H18N2O. The molecule has 2 N–H and O–H groups in total. The zero-order valence-corrected chi connectivity index (χ0v) is 10.1. The molecule has 0 spiro atoms. The van der Waals surface area contributed by atoms with E-state index < -0.39 is 0 Å². The van der Waals surface area contributed by atoms with Crippen LogP contribution in [-0.2, 0) is 13.0 Å². The molecule has 17 heavy (non-hydrogen) atoms. The molecule has 2 rings (SSSR count). The summed E-state index contributed by atoms with van der Waals surface area (Å²) in [6.45, 7) is 2.19. The third-order valence-corrected chi connectivity index (χ3v) is 2.94. The highest BCUT2D eigenvalue weighted by Crippen LogP contribution is 2.25. The van der Waals surface area contributed by atoms with Gasteiger partial charge in [-0.2, -0.15) is 5.10 Å². The van der Waals surface area contributed by atoms with Crippen LogP contribution >= 0.6 is 0 Å². The van der Waals surface area contributed by atoms with Gasteiger partial charge in [-0.1, -0.05) is 43.7 Å². The van der Waals surface area contributed by atoms with Crippen molar-refractivity contribution in [2.75, 3.05) is 0 Å². The van der Waals surface area contributed by atoms with E-state index in [-0.39, 0.29) is 6.61 Å². The Kier molecular flexibility index (Phi) is 3.94. The average molecular weight is 230 g/mol. The molecule has 1 aromatic heterocycles. The van der Waals surface area contributed by atoms with Crippen LogP contribution in [0.1, 0.15) is 31.0 Å². The zero-order valence-electron chi connectivity index (χ0n) is 10.1. The standard InChI is InChI=1S/C14H18N2O/c1-2-3-9-12-13(10-17)15-16-14(12)11-7-5-4-6-8-11/h4-8,17H,2-3,9-10H2,1H3,(H,15,16). The van der Waals surface area contributed by atoms with Crippen molar-refractivity contribution < 1.29 is 5.11 Å². The van der Waals surface area contributed by atoms with E-state index in [0.29, 0.717) is 0 Å². The minimum atomic E-state index is 0.0267. The van der Waals surface area contributed by atoms with Gasteiger partial charge in [0, 0.05) is 11.1 Å². The van der Waals surface area contributed by atoms with Crippen LogP contribution in [-0.4, -0.2) is 15.3 Å². The molecule has 0 unspecified atom stereocenters. The average Bonchev–Trinajstić information content (AvgIpc) is 2.80. The van der Waals surface area contributed by atoms with Crippen LogP contribution in [0.4, 0.5) is 0 Å².